The van der Waals surface area contributed by atoms with E-state index in [1.54, 1.807) is 0 Å². The van der Waals surface area contributed by atoms with E-state index in [1.165, 1.54) is 59.7 Å². The van der Waals surface area contributed by atoms with Crippen LogP contribution in [0, 0.1) is 0 Å². The van der Waals surface area contributed by atoms with E-state index in [1.807, 2.05) is 48.4 Å². The first-order valence-corrected chi connectivity index (χ1v) is 21.1. The maximum Gasteiger partial charge on any atom is 0.160 e. The molecule has 3 nitrogen and oxygen atoms in total. The van der Waals surface area contributed by atoms with E-state index in [9.17, 15) is 0 Å². The molecule has 1 spiro atoms. The van der Waals surface area contributed by atoms with Crippen molar-refractivity contribution in [3.8, 4) is 67.3 Å². The third-order valence-corrected chi connectivity index (χ3v) is 13.4. The number of fused-ring (bicyclic) bond motifs is 10. The number of pyridine rings is 1. The van der Waals surface area contributed by atoms with Gasteiger partial charge < -0.3 is 0 Å². The summed E-state index contributed by atoms with van der Waals surface area (Å²) < 4.78 is 0. The Hall–Kier alpha value is -7.40. The molecule has 0 fully saturated rings. The molecule has 60 heavy (non-hydrogen) atoms. The van der Waals surface area contributed by atoms with Crippen molar-refractivity contribution in [1.29, 1.82) is 0 Å². The second kappa shape index (κ2) is 13.9. The molecule has 8 aromatic carbocycles. The standard InChI is InChI=1S/C56H35N3S/c1-3-14-37(15-4-1)51-34-52(59-55(58-51)38-16-5-2-6-17-38)45-22-8-7-19-41(45)39-26-28-49-53(32-39)60-54-33-40(42-23-13-18-36-30-31-57-35-46(36)42)27-29-50(54)56(49)47-24-11-9-20-43(47)44-21-10-12-25-48(44)56/h1-35H. The smallest absolute Gasteiger partial charge is 0.160 e. The van der Waals surface area contributed by atoms with Crippen molar-refractivity contribution in [3.63, 3.8) is 0 Å². The van der Waals surface area contributed by atoms with E-state index >= 15 is 0 Å². The number of nitrogens with zero attached hydrogens (tertiary/aromatic N) is 3. The average molecular weight is 782 g/mol. The normalized spacial score (nSPS) is 13.1. The first-order chi connectivity index (χ1) is 29.7. The lowest BCUT2D eigenvalue weighted by atomic mass is 9.67. The third kappa shape index (κ3) is 5.35. The molecule has 0 radical (unpaired) electrons. The van der Waals surface area contributed by atoms with Crippen LogP contribution in [0.15, 0.2) is 222 Å². The van der Waals surface area contributed by atoms with Gasteiger partial charge in [0.05, 0.1) is 16.8 Å². The first kappa shape index (κ1) is 34.6. The molecule has 0 atom stereocenters. The van der Waals surface area contributed by atoms with Crippen LogP contribution in [0.1, 0.15) is 22.3 Å². The van der Waals surface area contributed by atoms with Crippen LogP contribution in [0.2, 0.25) is 0 Å². The van der Waals surface area contributed by atoms with Gasteiger partial charge in [-0.05, 0) is 85.3 Å². The van der Waals surface area contributed by atoms with Gasteiger partial charge in [0.15, 0.2) is 5.82 Å². The molecule has 0 amide bonds. The van der Waals surface area contributed by atoms with E-state index in [0.717, 1.165) is 44.6 Å². The topological polar surface area (TPSA) is 38.7 Å². The van der Waals surface area contributed by atoms with Crippen LogP contribution >= 0.6 is 11.8 Å². The Bertz CT molecular complexity index is 3190. The van der Waals surface area contributed by atoms with Gasteiger partial charge in [0.2, 0.25) is 0 Å². The molecule has 0 saturated heterocycles. The minimum absolute atomic E-state index is 0.484. The fraction of sp³-hybridized carbons (Fsp3) is 0.0179. The van der Waals surface area contributed by atoms with E-state index in [4.69, 9.17) is 9.97 Å². The highest BCUT2D eigenvalue weighted by atomic mass is 32.2. The molecule has 3 heterocycles. The zero-order chi connectivity index (χ0) is 39.6. The fourth-order valence-electron chi connectivity index (χ4n) is 9.63. The Labute approximate surface area is 353 Å². The Kier molecular flexibility index (Phi) is 8.00. The summed E-state index contributed by atoms with van der Waals surface area (Å²) in [4.78, 5) is 17.4. The number of hydrogen-bond acceptors (Lipinski definition) is 4. The quantitative estimate of drug-likeness (QED) is 0.174. The molecule has 0 unspecified atom stereocenters. The highest BCUT2D eigenvalue weighted by Crippen LogP contribution is 2.62. The largest absolute Gasteiger partial charge is 0.264 e. The van der Waals surface area contributed by atoms with Crippen molar-refractivity contribution < 1.29 is 0 Å². The Morgan fingerprint density at radius 2 is 0.917 bits per heavy atom. The summed E-state index contributed by atoms with van der Waals surface area (Å²) in [6.45, 7) is 0. The highest BCUT2D eigenvalue weighted by molar-refractivity contribution is 7.99. The van der Waals surface area contributed by atoms with E-state index in [0.29, 0.717) is 5.82 Å². The summed E-state index contributed by atoms with van der Waals surface area (Å²) in [5.41, 5.74) is 16.9. The fourth-order valence-corrected chi connectivity index (χ4v) is 10.9. The zero-order valence-electron chi connectivity index (χ0n) is 32.5. The van der Waals surface area contributed by atoms with Crippen LogP contribution < -0.4 is 0 Å². The molecule has 2 aromatic heterocycles. The molecule has 10 aromatic rings. The van der Waals surface area contributed by atoms with E-state index in [2.05, 4.69) is 181 Å². The van der Waals surface area contributed by atoms with Crippen LogP contribution in [0.25, 0.3) is 78.1 Å². The third-order valence-electron chi connectivity index (χ3n) is 12.3. The first-order valence-electron chi connectivity index (χ1n) is 20.3. The lowest BCUT2D eigenvalue weighted by Crippen LogP contribution is -2.32. The van der Waals surface area contributed by atoms with Gasteiger partial charge >= 0.3 is 0 Å². The number of rotatable bonds is 5. The van der Waals surface area contributed by atoms with Crippen LogP contribution in [0.3, 0.4) is 0 Å². The van der Waals surface area contributed by atoms with Gasteiger partial charge in [0.25, 0.3) is 0 Å². The van der Waals surface area contributed by atoms with Gasteiger partial charge in [-0.2, -0.15) is 0 Å². The maximum absolute atomic E-state index is 5.25. The minimum atomic E-state index is -0.484. The summed E-state index contributed by atoms with van der Waals surface area (Å²) in [5.74, 6) is 0.706. The number of hydrogen-bond donors (Lipinski definition) is 0. The van der Waals surface area contributed by atoms with Crippen LogP contribution in [-0.4, -0.2) is 15.0 Å². The number of benzene rings is 8. The molecule has 0 N–H and O–H groups in total. The van der Waals surface area contributed by atoms with Gasteiger partial charge in [-0.15, -0.1) is 0 Å². The van der Waals surface area contributed by atoms with Crippen molar-refractivity contribution >= 4 is 22.5 Å². The molecule has 2 aliphatic rings. The minimum Gasteiger partial charge on any atom is -0.264 e. The molecular formula is C56H35N3S. The van der Waals surface area contributed by atoms with E-state index in [-0.39, 0.29) is 0 Å². The molecule has 4 heteroatoms. The highest BCUT2D eigenvalue weighted by Gasteiger charge is 2.50. The summed E-state index contributed by atoms with van der Waals surface area (Å²) in [6, 6.07) is 72.4. The predicted molar refractivity (Wildman–Crippen MR) is 246 cm³/mol. The Morgan fingerprint density at radius 3 is 1.60 bits per heavy atom. The lowest BCUT2D eigenvalue weighted by Gasteiger charge is -2.40. The Morgan fingerprint density at radius 1 is 0.367 bits per heavy atom. The zero-order valence-corrected chi connectivity index (χ0v) is 33.3. The molecule has 280 valence electrons. The molecule has 1 aliphatic heterocycles. The molecule has 0 bridgehead atoms. The van der Waals surface area contributed by atoms with Crippen molar-refractivity contribution in [1.82, 2.24) is 15.0 Å². The van der Waals surface area contributed by atoms with Crippen molar-refractivity contribution in [3.05, 3.63) is 235 Å². The van der Waals surface area contributed by atoms with Gasteiger partial charge in [-0.3, -0.25) is 4.98 Å². The molecule has 0 saturated carbocycles. The number of aromatic nitrogens is 3. The summed E-state index contributed by atoms with van der Waals surface area (Å²) in [5, 5.41) is 2.34. The second-order valence-electron chi connectivity index (χ2n) is 15.5. The summed E-state index contributed by atoms with van der Waals surface area (Å²) in [6.07, 6.45) is 3.86. The SMILES string of the molecule is c1ccc(-c2cc(-c3ccccc3-c3ccc4c(c3)Sc3cc(-c5cccc6ccncc56)ccc3C43c4ccccc4-c4ccccc43)nc(-c3ccccc3)n2)cc1. The van der Waals surface area contributed by atoms with Crippen molar-refractivity contribution in [2.24, 2.45) is 0 Å². The molecule has 12 rings (SSSR count). The average Bonchev–Trinajstić information content (AvgIpc) is 3.62. The van der Waals surface area contributed by atoms with Gasteiger partial charge in [0, 0.05) is 44.3 Å². The predicted octanol–water partition coefficient (Wildman–Crippen LogP) is 14.2. The second-order valence-corrected chi connectivity index (χ2v) is 16.6. The Balaban J connectivity index is 1.07. The van der Waals surface area contributed by atoms with Gasteiger partial charge in [0.1, 0.15) is 0 Å². The monoisotopic (exact) mass is 781 g/mol. The van der Waals surface area contributed by atoms with Crippen LogP contribution in [-0.2, 0) is 5.41 Å². The van der Waals surface area contributed by atoms with Crippen molar-refractivity contribution in [2.75, 3.05) is 0 Å². The maximum atomic E-state index is 5.25. The van der Waals surface area contributed by atoms with Crippen LogP contribution in [0.4, 0.5) is 0 Å². The van der Waals surface area contributed by atoms with Gasteiger partial charge in [-0.25, -0.2) is 9.97 Å². The summed E-state index contributed by atoms with van der Waals surface area (Å²) >= 11 is 1.88. The van der Waals surface area contributed by atoms with Crippen molar-refractivity contribution in [2.45, 2.75) is 15.2 Å². The van der Waals surface area contributed by atoms with E-state index < -0.39 is 5.41 Å². The molecule has 1 aliphatic carbocycles. The van der Waals surface area contributed by atoms with Gasteiger partial charge in [-0.1, -0.05) is 188 Å². The van der Waals surface area contributed by atoms with Crippen LogP contribution in [0.5, 0.6) is 0 Å². The molecular weight excluding hydrogens is 747 g/mol. The lowest BCUT2D eigenvalue weighted by molar-refractivity contribution is 0.723. The summed E-state index contributed by atoms with van der Waals surface area (Å²) in [7, 11) is 0.